The lowest BCUT2D eigenvalue weighted by Crippen LogP contribution is -2.64. The molecule has 1 heterocycles. The fraction of sp³-hybridized carbons (Fsp3) is 0.348. The number of halogens is 2. The van der Waals surface area contributed by atoms with E-state index < -0.39 is 6.03 Å². The number of rotatable bonds is 5. The number of benzene rings is 2. The summed E-state index contributed by atoms with van der Waals surface area (Å²) < 4.78 is 5.13. The summed E-state index contributed by atoms with van der Waals surface area (Å²) in [7, 11) is 1.57. The zero-order chi connectivity index (χ0) is 22.8. The molecule has 0 spiro atoms. The Morgan fingerprint density at radius 2 is 1.81 bits per heavy atom. The minimum Gasteiger partial charge on any atom is -0.497 e. The number of nitrogens with one attached hydrogen (secondary N) is 1. The van der Waals surface area contributed by atoms with Crippen molar-refractivity contribution in [3.63, 3.8) is 0 Å². The van der Waals surface area contributed by atoms with E-state index in [0.29, 0.717) is 35.0 Å². The highest BCUT2D eigenvalue weighted by Crippen LogP contribution is 2.38. The van der Waals surface area contributed by atoms with Crippen LogP contribution < -0.4 is 15.0 Å². The number of hydrogen-bond donors (Lipinski definition) is 1. The van der Waals surface area contributed by atoms with Crippen molar-refractivity contribution < 1.29 is 19.1 Å². The first kappa shape index (κ1) is 22.6. The summed E-state index contributed by atoms with van der Waals surface area (Å²) >= 11 is 9.61. The van der Waals surface area contributed by atoms with E-state index in [9.17, 15) is 14.4 Å². The van der Waals surface area contributed by atoms with Crippen LogP contribution in [-0.4, -0.2) is 47.3 Å². The van der Waals surface area contributed by atoms with E-state index in [2.05, 4.69) is 21.2 Å². The van der Waals surface area contributed by atoms with Crippen LogP contribution >= 0.6 is 27.5 Å². The van der Waals surface area contributed by atoms with Crippen LogP contribution in [0.4, 0.5) is 16.2 Å². The molecule has 168 valence electrons. The Balaban J connectivity index is 1.57. The van der Waals surface area contributed by atoms with Gasteiger partial charge in [0.15, 0.2) is 0 Å². The van der Waals surface area contributed by atoms with Gasteiger partial charge in [0.2, 0.25) is 11.8 Å². The Morgan fingerprint density at radius 1 is 1.12 bits per heavy atom. The molecule has 7 nitrogen and oxygen atoms in total. The van der Waals surface area contributed by atoms with Gasteiger partial charge in [0.25, 0.3) is 0 Å². The van der Waals surface area contributed by atoms with Crippen molar-refractivity contribution in [2.24, 2.45) is 5.92 Å². The smallest absolute Gasteiger partial charge is 0.332 e. The molecular formula is C23H23BrClN3O4. The summed E-state index contributed by atoms with van der Waals surface area (Å²) in [5.41, 5.74) is 1.05. The van der Waals surface area contributed by atoms with Gasteiger partial charge in [0.05, 0.1) is 18.7 Å². The lowest BCUT2D eigenvalue weighted by molar-refractivity contribution is -0.128. The zero-order valence-electron chi connectivity index (χ0n) is 17.5. The van der Waals surface area contributed by atoms with Gasteiger partial charge in [0.1, 0.15) is 12.3 Å². The number of fused-ring (bicyclic) bond motifs is 1. The van der Waals surface area contributed by atoms with Crippen LogP contribution in [0.2, 0.25) is 5.02 Å². The predicted octanol–water partition coefficient (Wildman–Crippen LogP) is 4.69. The molecule has 1 aliphatic carbocycles. The number of anilines is 2. The number of urea groups is 1. The molecule has 1 aliphatic heterocycles. The van der Waals surface area contributed by atoms with E-state index >= 15 is 0 Å². The van der Waals surface area contributed by atoms with Crippen molar-refractivity contribution in [1.82, 2.24) is 4.90 Å². The fourth-order valence-corrected chi connectivity index (χ4v) is 5.11. The second-order valence-electron chi connectivity index (χ2n) is 7.92. The topological polar surface area (TPSA) is 79.0 Å². The van der Waals surface area contributed by atoms with E-state index in [1.54, 1.807) is 55.6 Å². The highest BCUT2D eigenvalue weighted by Gasteiger charge is 2.49. The average molecular weight is 521 g/mol. The van der Waals surface area contributed by atoms with E-state index in [1.807, 2.05) is 0 Å². The molecule has 2 aromatic rings. The van der Waals surface area contributed by atoms with Gasteiger partial charge in [-0.2, -0.15) is 0 Å². The Hall–Kier alpha value is -2.58. The van der Waals surface area contributed by atoms with Gasteiger partial charge in [0, 0.05) is 21.6 Å². The molecule has 0 bridgehead atoms. The third-order valence-electron chi connectivity index (χ3n) is 5.90. The average Bonchev–Trinajstić information content (AvgIpc) is 2.78. The molecule has 3 atom stereocenters. The Kier molecular flexibility index (Phi) is 6.71. The number of ether oxygens (including phenoxy) is 1. The molecule has 0 radical (unpaired) electrons. The standard InChI is InChI=1S/C23H23BrClN3O4/c1-32-18-9-5-16(6-10-18)26-21(29)13-27-20-11-2-14(24)12-19(20)22(30)28(23(27)31)17-7-3-15(25)4-8-17/h3-10,14,19-20H,2,11-13H2,1H3,(H,26,29). The molecular weight excluding hydrogens is 498 g/mol. The van der Waals surface area contributed by atoms with Crippen LogP contribution in [0.15, 0.2) is 48.5 Å². The minimum atomic E-state index is -0.489. The number of amides is 4. The Bertz CT molecular complexity index is 1010. The second kappa shape index (κ2) is 9.50. The van der Waals surface area contributed by atoms with Crippen LogP contribution in [-0.2, 0) is 9.59 Å². The van der Waals surface area contributed by atoms with Gasteiger partial charge in [-0.05, 0) is 67.8 Å². The molecule has 1 saturated carbocycles. The Morgan fingerprint density at radius 3 is 2.47 bits per heavy atom. The first-order valence-electron chi connectivity index (χ1n) is 10.4. The summed E-state index contributed by atoms with van der Waals surface area (Å²) in [5, 5.41) is 3.33. The molecule has 1 saturated heterocycles. The number of hydrogen-bond acceptors (Lipinski definition) is 4. The monoisotopic (exact) mass is 519 g/mol. The van der Waals surface area contributed by atoms with Crippen LogP contribution in [0.5, 0.6) is 5.75 Å². The molecule has 2 aliphatic rings. The fourth-order valence-electron chi connectivity index (χ4n) is 4.31. The first-order valence-corrected chi connectivity index (χ1v) is 11.6. The summed E-state index contributed by atoms with van der Waals surface area (Å²) in [6.07, 6.45) is 2.10. The lowest BCUT2D eigenvalue weighted by atomic mass is 9.81. The van der Waals surface area contributed by atoms with Crippen molar-refractivity contribution in [2.75, 3.05) is 23.9 Å². The minimum absolute atomic E-state index is 0.143. The maximum atomic E-state index is 13.4. The van der Waals surface area contributed by atoms with Gasteiger partial charge in [-0.15, -0.1) is 0 Å². The number of methoxy groups -OCH3 is 1. The summed E-state index contributed by atoms with van der Waals surface area (Å²) in [6.45, 7) is -0.143. The molecule has 1 N–H and O–H groups in total. The van der Waals surface area contributed by atoms with E-state index in [-0.39, 0.29) is 35.1 Å². The van der Waals surface area contributed by atoms with Gasteiger partial charge < -0.3 is 15.0 Å². The number of carbonyl (C=O) groups is 3. The molecule has 3 unspecified atom stereocenters. The first-order chi connectivity index (χ1) is 15.4. The molecule has 2 fully saturated rings. The zero-order valence-corrected chi connectivity index (χ0v) is 19.8. The van der Waals surface area contributed by atoms with E-state index in [1.165, 1.54) is 9.80 Å². The molecule has 4 rings (SSSR count). The summed E-state index contributed by atoms with van der Waals surface area (Å²) in [6, 6.07) is 12.7. The SMILES string of the molecule is COc1ccc(NC(=O)CN2C(=O)N(c3ccc(Cl)cc3)C(=O)C3CC(Br)CCC32)cc1. The summed E-state index contributed by atoms with van der Waals surface area (Å²) in [4.78, 5) is 42.4. The number of alkyl halides is 1. The van der Waals surface area contributed by atoms with E-state index in [0.717, 1.165) is 6.42 Å². The molecule has 9 heteroatoms. The van der Waals surface area contributed by atoms with Gasteiger partial charge >= 0.3 is 6.03 Å². The summed E-state index contributed by atoms with van der Waals surface area (Å²) in [5.74, 6) is -0.261. The predicted molar refractivity (Wildman–Crippen MR) is 127 cm³/mol. The maximum absolute atomic E-state index is 13.4. The van der Waals surface area contributed by atoms with Crippen molar-refractivity contribution in [3.8, 4) is 5.75 Å². The lowest BCUT2D eigenvalue weighted by Gasteiger charge is -2.47. The van der Waals surface area contributed by atoms with Gasteiger partial charge in [-0.1, -0.05) is 27.5 Å². The second-order valence-corrected chi connectivity index (χ2v) is 9.65. The normalized spacial score (nSPS) is 23.0. The molecule has 4 amide bonds. The molecule has 2 aromatic carbocycles. The number of carbonyl (C=O) groups excluding carboxylic acids is 3. The third-order valence-corrected chi connectivity index (χ3v) is 6.98. The number of nitrogens with zero attached hydrogens (tertiary/aromatic N) is 2. The largest absolute Gasteiger partial charge is 0.497 e. The highest BCUT2D eigenvalue weighted by molar-refractivity contribution is 9.09. The molecule has 32 heavy (non-hydrogen) atoms. The van der Waals surface area contributed by atoms with Crippen LogP contribution in [0.25, 0.3) is 0 Å². The van der Waals surface area contributed by atoms with E-state index in [4.69, 9.17) is 16.3 Å². The molecule has 0 aromatic heterocycles. The van der Waals surface area contributed by atoms with Crippen molar-refractivity contribution in [2.45, 2.75) is 30.1 Å². The number of imide groups is 1. The van der Waals surface area contributed by atoms with Crippen LogP contribution in [0, 0.1) is 5.92 Å². The maximum Gasteiger partial charge on any atom is 0.332 e. The van der Waals surface area contributed by atoms with Crippen molar-refractivity contribution in [1.29, 1.82) is 0 Å². The van der Waals surface area contributed by atoms with Crippen molar-refractivity contribution in [3.05, 3.63) is 53.6 Å². The highest BCUT2D eigenvalue weighted by atomic mass is 79.9. The van der Waals surface area contributed by atoms with Crippen molar-refractivity contribution >= 4 is 56.8 Å². The third kappa shape index (κ3) is 4.61. The van der Waals surface area contributed by atoms with Gasteiger partial charge in [-0.3, -0.25) is 9.59 Å². The Labute approximate surface area is 199 Å². The van der Waals surface area contributed by atoms with Gasteiger partial charge in [-0.25, -0.2) is 9.69 Å². The van der Waals surface area contributed by atoms with Crippen LogP contribution in [0.3, 0.4) is 0 Å². The van der Waals surface area contributed by atoms with Crippen LogP contribution in [0.1, 0.15) is 19.3 Å². The quantitative estimate of drug-likeness (QED) is 0.580.